The molecule has 3 aromatic rings. The van der Waals surface area contributed by atoms with Crippen LogP contribution in [0.1, 0.15) is 35.0 Å². The number of fused-ring (bicyclic) bond motifs is 1. The second-order valence-corrected chi connectivity index (χ2v) is 7.38. The van der Waals surface area contributed by atoms with Crippen LogP contribution in [-0.4, -0.2) is 28.0 Å². The lowest BCUT2D eigenvalue weighted by molar-refractivity contribution is -0.120. The summed E-state index contributed by atoms with van der Waals surface area (Å²) in [5.41, 5.74) is 2.34. The average molecular weight is 419 g/mol. The van der Waals surface area contributed by atoms with Gasteiger partial charge in [-0.3, -0.25) is 14.2 Å². The minimum absolute atomic E-state index is 0.0712. The summed E-state index contributed by atoms with van der Waals surface area (Å²) in [5, 5.41) is 14.1. The third-order valence-corrected chi connectivity index (χ3v) is 5.34. The van der Waals surface area contributed by atoms with Crippen LogP contribution in [0.5, 0.6) is 5.75 Å². The number of amides is 1. The fourth-order valence-electron chi connectivity index (χ4n) is 3.20. The van der Waals surface area contributed by atoms with E-state index in [2.05, 4.69) is 5.32 Å². The van der Waals surface area contributed by atoms with E-state index in [4.69, 9.17) is 23.2 Å². The molecule has 7 heteroatoms. The first kappa shape index (κ1) is 20.2. The molecular formula is C21H20Cl2N2O3. The smallest absolute Gasteiger partial charge is 0.262 e. The van der Waals surface area contributed by atoms with Gasteiger partial charge in [0.1, 0.15) is 5.75 Å². The first-order valence-corrected chi connectivity index (χ1v) is 9.68. The van der Waals surface area contributed by atoms with E-state index in [9.17, 15) is 14.7 Å². The van der Waals surface area contributed by atoms with E-state index in [-0.39, 0.29) is 24.0 Å². The maximum atomic E-state index is 13.2. The SMILES string of the molecule is CCCNC(=O)Cc1c(C)n(C(=O)c2ccc(Cl)c(Cl)c2)c2ccc(O)cc12. The molecule has 1 aromatic heterocycles. The lowest BCUT2D eigenvalue weighted by atomic mass is 10.1. The molecule has 0 radical (unpaired) electrons. The third kappa shape index (κ3) is 3.86. The fraction of sp³-hybridized carbons (Fsp3) is 0.238. The van der Waals surface area contributed by atoms with Crippen molar-refractivity contribution in [3.63, 3.8) is 0 Å². The highest BCUT2D eigenvalue weighted by Crippen LogP contribution is 2.31. The number of rotatable bonds is 5. The van der Waals surface area contributed by atoms with Crippen molar-refractivity contribution in [1.82, 2.24) is 9.88 Å². The molecule has 0 aliphatic carbocycles. The Morgan fingerprint density at radius 2 is 1.86 bits per heavy atom. The van der Waals surface area contributed by atoms with Gasteiger partial charge < -0.3 is 10.4 Å². The van der Waals surface area contributed by atoms with Crippen molar-refractivity contribution >= 4 is 45.9 Å². The fourth-order valence-corrected chi connectivity index (χ4v) is 3.50. The second kappa shape index (κ2) is 8.25. The van der Waals surface area contributed by atoms with E-state index in [0.717, 1.165) is 6.42 Å². The lowest BCUT2D eigenvalue weighted by Gasteiger charge is -2.09. The number of carbonyl (C=O) groups is 2. The molecule has 146 valence electrons. The average Bonchev–Trinajstić information content (AvgIpc) is 2.93. The maximum absolute atomic E-state index is 13.2. The van der Waals surface area contributed by atoms with Crippen LogP contribution < -0.4 is 5.32 Å². The summed E-state index contributed by atoms with van der Waals surface area (Å²) < 4.78 is 1.54. The summed E-state index contributed by atoms with van der Waals surface area (Å²) in [4.78, 5) is 25.5. The molecule has 0 aliphatic rings. The number of phenolic OH excluding ortho intramolecular Hbond substituents is 1. The minimum Gasteiger partial charge on any atom is -0.508 e. The Hall–Kier alpha value is -2.50. The molecule has 0 spiro atoms. The first-order chi connectivity index (χ1) is 13.3. The zero-order chi connectivity index (χ0) is 20.4. The number of nitrogens with one attached hydrogen (secondary N) is 1. The van der Waals surface area contributed by atoms with Gasteiger partial charge in [-0.05, 0) is 55.3 Å². The van der Waals surface area contributed by atoms with Crippen LogP contribution in [0.25, 0.3) is 10.9 Å². The van der Waals surface area contributed by atoms with Gasteiger partial charge in [0.05, 0.1) is 22.0 Å². The third-order valence-electron chi connectivity index (χ3n) is 4.60. The highest BCUT2D eigenvalue weighted by atomic mass is 35.5. The molecule has 1 amide bonds. The number of carbonyl (C=O) groups excluding carboxylic acids is 2. The van der Waals surface area contributed by atoms with Gasteiger partial charge in [0.25, 0.3) is 5.91 Å². The van der Waals surface area contributed by atoms with Gasteiger partial charge in [-0.25, -0.2) is 0 Å². The standard InChI is InChI=1S/C21H20Cl2N2O3/c1-3-8-24-20(27)11-15-12(2)25(19-7-5-14(26)10-16(15)19)21(28)13-4-6-17(22)18(23)9-13/h4-7,9-10,26H,3,8,11H2,1-2H3,(H,24,27). The van der Waals surface area contributed by atoms with Gasteiger partial charge in [0, 0.05) is 23.2 Å². The molecule has 0 bridgehead atoms. The van der Waals surface area contributed by atoms with Crippen molar-refractivity contribution in [3.05, 3.63) is 63.3 Å². The molecule has 0 saturated heterocycles. The van der Waals surface area contributed by atoms with E-state index in [1.165, 1.54) is 16.7 Å². The van der Waals surface area contributed by atoms with Crippen LogP contribution in [0.2, 0.25) is 10.0 Å². The van der Waals surface area contributed by atoms with Crippen molar-refractivity contribution in [3.8, 4) is 5.75 Å². The van der Waals surface area contributed by atoms with E-state index in [0.29, 0.717) is 44.3 Å². The molecule has 2 aromatic carbocycles. The number of phenols is 1. The van der Waals surface area contributed by atoms with Crippen molar-refractivity contribution in [2.24, 2.45) is 0 Å². The summed E-state index contributed by atoms with van der Waals surface area (Å²) in [6, 6.07) is 9.45. The molecule has 28 heavy (non-hydrogen) atoms. The van der Waals surface area contributed by atoms with Gasteiger partial charge in [-0.2, -0.15) is 0 Å². The van der Waals surface area contributed by atoms with Crippen LogP contribution in [-0.2, 0) is 11.2 Å². The molecular weight excluding hydrogens is 399 g/mol. The van der Waals surface area contributed by atoms with Crippen molar-refractivity contribution in [2.45, 2.75) is 26.7 Å². The van der Waals surface area contributed by atoms with Crippen LogP contribution in [0.4, 0.5) is 0 Å². The predicted molar refractivity (Wildman–Crippen MR) is 112 cm³/mol. The Labute approximate surface area is 172 Å². The van der Waals surface area contributed by atoms with E-state index >= 15 is 0 Å². The first-order valence-electron chi connectivity index (χ1n) is 8.92. The van der Waals surface area contributed by atoms with Crippen LogP contribution in [0, 0.1) is 6.92 Å². The number of hydrogen-bond donors (Lipinski definition) is 2. The minimum atomic E-state index is -0.285. The van der Waals surface area contributed by atoms with E-state index in [1.54, 1.807) is 31.2 Å². The Balaban J connectivity index is 2.12. The molecule has 0 unspecified atom stereocenters. The maximum Gasteiger partial charge on any atom is 0.262 e. The van der Waals surface area contributed by atoms with Crippen LogP contribution in [0.15, 0.2) is 36.4 Å². The van der Waals surface area contributed by atoms with Gasteiger partial charge in [0.15, 0.2) is 0 Å². The zero-order valence-electron chi connectivity index (χ0n) is 15.6. The van der Waals surface area contributed by atoms with E-state index in [1.807, 2.05) is 6.92 Å². The van der Waals surface area contributed by atoms with Crippen LogP contribution in [0.3, 0.4) is 0 Å². The molecule has 0 fully saturated rings. The molecule has 0 saturated carbocycles. The summed E-state index contributed by atoms with van der Waals surface area (Å²) in [6.07, 6.45) is 0.955. The topological polar surface area (TPSA) is 71.3 Å². The van der Waals surface area contributed by atoms with Gasteiger partial charge in [-0.15, -0.1) is 0 Å². The Kier molecular flexibility index (Phi) is 5.96. The van der Waals surface area contributed by atoms with Crippen molar-refractivity contribution < 1.29 is 14.7 Å². The van der Waals surface area contributed by atoms with Crippen molar-refractivity contribution in [1.29, 1.82) is 0 Å². The monoisotopic (exact) mass is 418 g/mol. The molecule has 2 N–H and O–H groups in total. The number of benzene rings is 2. The number of aromatic nitrogens is 1. The summed E-state index contributed by atoms with van der Waals surface area (Å²) in [7, 11) is 0. The predicted octanol–water partition coefficient (Wildman–Crippen LogP) is 4.72. The zero-order valence-corrected chi connectivity index (χ0v) is 17.1. The molecule has 0 atom stereocenters. The van der Waals surface area contributed by atoms with Gasteiger partial charge in [-0.1, -0.05) is 30.1 Å². The summed E-state index contributed by atoms with van der Waals surface area (Å²) in [5.74, 6) is -0.344. The number of nitrogens with zero attached hydrogens (tertiary/aromatic N) is 1. The quantitative estimate of drug-likeness (QED) is 0.629. The number of hydrogen-bond acceptors (Lipinski definition) is 3. The van der Waals surface area contributed by atoms with Gasteiger partial charge >= 0.3 is 0 Å². The molecule has 5 nitrogen and oxygen atoms in total. The Morgan fingerprint density at radius 3 is 2.54 bits per heavy atom. The number of aromatic hydroxyl groups is 1. The van der Waals surface area contributed by atoms with Gasteiger partial charge in [0.2, 0.25) is 5.91 Å². The Morgan fingerprint density at radius 1 is 1.11 bits per heavy atom. The lowest BCUT2D eigenvalue weighted by Crippen LogP contribution is -2.26. The number of halogens is 2. The highest BCUT2D eigenvalue weighted by molar-refractivity contribution is 6.42. The molecule has 0 aliphatic heterocycles. The van der Waals surface area contributed by atoms with Crippen LogP contribution >= 0.6 is 23.2 Å². The molecule has 1 heterocycles. The second-order valence-electron chi connectivity index (χ2n) is 6.56. The summed E-state index contributed by atoms with van der Waals surface area (Å²) >= 11 is 12.0. The largest absolute Gasteiger partial charge is 0.508 e. The highest BCUT2D eigenvalue weighted by Gasteiger charge is 2.22. The molecule has 3 rings (SSSR count). The Bertz CT molecular complexity index is 1070. The summed E-state index contributed by atoms with van der Waals surface area (Å²) in [6.45, 7) is 4.35. The normalized spacial score (nSPS) is 11.0. The van der Waals surface area contributed by atoms with Crippen molar-refractivity contribution in [2.75, 3.05) is 6.54 Å². The van der Waals surface area contributed by atoms with E-state index < -0.39 is 0 Å².